The molecule has 3 aromatic carbocycles. The van der Waals surface area contributed by atoms with Gasteiger partial charge in [-0.05, 0) is 78.6 Å². The number of carbonyl (C=O) groups is 1. The van der Waals surface area contributed by atoms with Gasteiger partial charge in [-0.15, -0.1) is 0 Å². The average molecular weight is 648 g/mol. The first kappa shape index (κ1) is 38.1. The van der Waals surface area contributed by atoms with Gasteiger partial charge in [0, 0.05) is 11.6 Å². The van der Waals surface area contributed by atoms with Crippen molar-refractivity contribution in [2.45, 2.75) is 91.8 Å². The van der Waals surface area contributed by atoms with Crippen molar-refractivity contribution in [3.63, 3.8) is 0 Å². The van der Waals surface area contributed by atoms with E-state index in [-0.39, 0.29) is 35.1 Å². The number of benzene rings is 3. The molecule has 0 bridgehead atoms. The predicted molar refractivity (Wildman–Crippen MR) is 187 cm³/mol. The van der Waals surface area contributed by atoms with Crippen molar-refractivity contribution in [1.29, 1.82) is 0 Å². The number of rotatable bonds is 7. The van der Waals surface area contributed by atoms with E-state index in [1.165, 1.54) is 4.68 Å². The smallest absolute Gasteiger partial charge is 0.308 e. The molecule has 46 heavy (non-hydrogen) atoms. The molecule has 0 radical (unpaired) electrons. The van der Waals surface area contributed by atoms with Gasteiger partial charge in [-0.1, -0.05) is 92.2 Å². The minimum atomic E-state index is -3.33. The highest BCUT2D eigenvalue weighted by atomic mass is 32.2. The van der Waals surface area contributed by atoms with Gasteiger partial charge in [0.2, 0.25) is 10.0 Å². The molecule has 1 N–H and O–H groups in total. The van der Waals surface area contributed by atoms with Crippen molar-refractivity contribution in [2.75, 3.05) is 0 Å². The molecule has 0 saturated carbocycles. The fourth-order valence-electron chi connectivity index (χ4n) is 4.07. The van der Waals surface area contributed by atoms with Gasteiger partial charge >= 0.3 is 5.97 Å². The third-order valence-electron chi connectivity index (χ3n) is 6.24. The van der Waals surface area contributed by atoms with E-state index in [0.717, 1.165) is 22.3 Å². The van der Waals surface area contributed by atoms with Crippen LogP contribution in [0.2, 0.25) is 0 Å². The molecule has 0 saturated heterocycles. The van der Waals surface area contributed by atoms with Crippen LogP contribution in [-0.4, -0.2) is 35.8 Å². The van der Waals surface area contributed by atoms with Crippen LogP contribution in [0, 0.1) is 12.8 Å². The Labute approximate surface area is 274 Å². The Balaban J connectivity index is 0.000000264. The van der Waals surface area contributed by atoms with Crippen LogP contribution in [0.3, 0.4) is 0 Å². The lowest BCUT2D eigenvalue weighted by atomic mass is 9.97. The molecule has 0 atom stereocenters. The minimum Gasteiger partial charge on any atom is -0.460 e. The second-order valence-corrected chi connectivity index (χ2v) is 14.5. The standard InChI is InChI=1S/C19H18N2O.C10H15NO2S.C8H16O2/c1-14(2)21-19(22)18(16-11-7-4-8-12-16)17(13-20-21)15-9-5-3-6-10-15;1-8(2)11-14(12,13)10-6-4-9(3)5-7-10;1-6(2)7(9)10-8(3,4)5/h3-14H,1-2H3;4-8,11H,1-3H3;6H,1-5H3. The molecule has 1 aromatic heterocycles. The Morgan fingerprint density at radius 1 is 0.804 bits per heavy atom. The molecule has 248 valence electrons. The van der Waals surface area contributed by atoms with E-state index in [9.17, 15) is 18.0 Å². The van der Waals surface area contributed by atoms with Crippen molar-refractivity contribution >= 4 is 16.0 Å². The Hall–Kier alpha value is -4.08. The topological polar surface area (TPSA) is 107 Å². The summed E-state index contributed by atoms with van der Waals surface area (Å²) >= 11 is 0. The number of hydrogen-bond acceptors (Lipinski definition) is 6. The highest BCUT2D eigenvalue weighted by Crippen LogP contribution is 2.28. The predicted octanol–water partition coefficient (Wildman–Crippen LogP) is 7.82. The number of esters is 1. The third kappa shape index (κ3) is 12.0. The molecule has 8 nitrogen and oxygen atoms in total. The average Bonchev–Trinajstić information content (AvgIpc) is 2.97. The molecule has 4 aromatic rings. The molecule has 1 heterocycles. The van der Waals surface area contributed by atoms with Gasteiger partial charge < -0.3 is 4.74 Å². The van der Waals surface area contributed by atoms with E-state index in [1.807, 2.05) is 116 Å². The van der Waals surface area contributed by atoms with Gasteiger partial charge in [-0.3, -0.25) is 9.59 Å². The number of nitrogens with one attached hydrogen (secondary N) is 1. The second kappa shape index (κ2) is 17.0. The van der Waals surface area contributed by atoms with Crippen molar-refractivity contribution in [2.24, 2.45) is 5.92 Å². The Morgan fingerprint density at radius 3 is 1.72 bits per heavy atom. The SMILES string of the molecule is CC(C)C(=O)OC(C)(C)C.CC(C)n1ncc(-c2ccccc2)c(-c2ccccc2)c1=O.Cc1ccc(S(=O)(=O)NC(C)C)cc1. The van der Waals surface area contributed by atoms with Crippen LogP contribution in [0.5, 0.6) is 0 Å². The fourth-order valence-corrected chi connectivity index (χ4v) is 5.32. The van der Waals surface area contributed by atoms with Gasteiger partial charge in [-0.25, -0.2) is 17.8 Å². The van der Waals surface area contributed by atoms with Crippen LogP contribution in [0.15, 0.2) is 101 Å². The number of aromatic nitrogens is 2. The maximum atomic E-state index is 12.9. The summed E-state index contributed by atoms with van der Waals surface area (Å²) in [7, 11) is -3.33. The Morgan fingerprint density at radius 2 is 1.30 bits per heavy atom. The maximum Gasteiger partial charge on any atom is 0.308 e. The van der Waals surface area contributed by atoms with Crippen LogP contribution in [0.1, 0.15) is 73.9 Å². The molecule has 0 spiro atoms. The monoisotopic (exact) mass is 647 g/mol. The van der Waals surface area contributed by atoms with E-state index in [1.54, 1.807) is 44.3 Å². The molecule has 0 aliphatic rings. The molecule has 0 aliphatic heterocycles. The molecular weight excluding hydrogens is 598 g/mol. The summed E-state index contributed by atoms with van der Waals surface area (Å²) in [4.78, 5) is 24.2. The highest BCUT2D eigenvalue weighted by Gasteiger charge is 2.18. The van der Waals surface area contributed by atoms with E-state index in [4.69, 9.17) is 4.74 Å². The molecule has 4 rings (SSSR count). The summed E-state index contributed by atoms with van der Waals surface area (Å²) in [6.45, 7) is 18.7. The van der Waals surface area contributed by atoms with Crippen LogP contribution in [0.4, 0.5) is 0 Å². The summed E-state index contributed by atoms with van der Waals surface area (Å²) in [6.07, 6.45) is 1.79. The molecule has 9 heteroatoms. The van der Waals surface area contributed by atoms with Crippen LogP contribution in [-0.2, 0) is 19.6 Å². The molecular formula is C37H49N3O5S. The molecule has 0 fully saturated rings. The normalized spacial score (nSPS) is 11.4. The van der Waals surface area contributed by atoms with Crippen LogP contribution in [0.25, 0.3) is 22.3 Å². The number of nitrogens with zero attached hydrogens (tertiary/aromatic N) is 2. The Bertz CT molecular complexity index is 1690. The van der Waals surface area contributed by atoms with Crippen molar-refractivity contribution in [3.8, 4) is 22.3 Å². The number of aryl methyl sites for hydroxylation is 1. The fraction of sp³-hybridized carbons (Fsp3) is 0.378. The first-order valence-electron chi connectivity index (χ1n) is 15.5. The molecule has 0 unspecified atom stereocenters. The largest absolute Gasteiger partial charge is 0.460 e. The highest BCUT2D eigenvalue weighted by molar-refractivity contribution is 7.89. The van der Waals surface area contributed by atoms with Gasteiger partial charge in [0.25, 0.3) is 5.56 Å². The summed E-state index contributed by atoms with van der Waals surface area (Å²) in [5.74, 6) is -0.160. The summed E-state index contributed by atoms with van der Waals surface area (Å²) < 4.78 is 32.4. The van der Waals surface area contributed by atoms with Gasteiger partial charge in [0.05, 0.1) is 28.6 Å². The minimum absolute atomic E-state index is 0.0276. The lowest BCUT2D eigenvalue weighted by Crippen LogP contribution is -2.30. The lowest BCUT2D eigenvalue weighted by Gasteiger charge is -2.20. The van der Waals surface area contributed by atoms with Crippen molar-refractivity contribution in [3.05, 3.63) is 107 Å². The zero-order valence-corrected chi connectivity index (χ0v) is 29.6. The zero-order valence-electron chi connectivity index (χ0n) is 28.7. The molecule has 0 amide bonds. The number of sulfonamides is 1. The van der Waals surface area contributed by atoms with E-state index in [2.05, 4.69) is 9.82 Å². The molecule has 0 aliphatic carbocycles. The van der Waals surface area contributed by atoms with Crippen LogP contribution < -0.4 is 10.3 Å². The number of hydrogen-bond donors (Lipinski definition) is 1. The number of carbonyl (C=O) groups excluding carboxylic acids is 1. The second-order valence-electron chi connectivity index (χ2n) is 12.8. The van der Waals surface area contributed by atoms with Gasteiger partial charge in [-0.2, -0.15) is 5.10 Å². The van der Waals surface area contributed by atoms with Crippen molar-refractivity contribution in [1.82, 2.24) is 14.5 Å². The quantitative estimate of drug-likeness (QED) is 0.205. The van der Waals surface area contributed by atoms with E-state index < -0.39 is 10.0 Å². The zero-order chi connectivity index (χ0) is 34.7. The summed E-state index contributed by atoms with van der Waals surface area (Å²) in [5.41, 5.74) is 4.15. The maximum absolute atomic E-state index is 12.9. The third-order valence-corrected chi connectivity index (χ3v) is 7.91. The van der Waals surface area contributed by atoms with Crippen molar-refractivity contribution < 1.29 is 17.9 Å². The van der Waals surface area contributed by atoms with E-state index in [0.29, 0.717) is 10.5 Å². The first-order valence-corrected chi connectivity index (χ1v) is 17.0. The van der Waals surface area contributed by atoms with Crippen LogP contribution >= 0.6 is 0 Å². The van der Waals surface area contributed by atoms with E-state index >= 15 is 0 Å². The van der Waals surface area contributed by atoms with Gasteiger partial charge in [0.1, 0.15) is 5.60 Å². The summed E-state index contributed by atoms with van der Waals surface area (Å²) in [5, 5.41) is 4.34. The van der Waals surface area contributed by atoms with Gasteiger partial charge in [0.15, 0.2) is 0 Å². The Kier molecular flexibility index (Phi) is 14.1. The summed E-state index contributed by atoms with van der Waals surface area (Å²) in [6, 6.07) is 26.4. The first-order chi connectivity index (χ1) is 21.4. The lowest BCUT2D eigenvalue weighted by molar-refractivity contribution is -0.158. The number of ether oxygens (including phenoxy) is 1.